The van der Waals surface area contributed by atoms with Gasteiger partial charge in [-0.2, -0.15) is 0 Å². The molecule has 3 nitrogen and oxygen atoms in total. The van der Waals surface area contributed by atoms with Crippen molar-refractivity contribution >= 4 is 5.69 Å². The average molecular weight is 179 g/mol. The summed E-state index contributed by atoms with van der Waals surface area (Å²) in [5, 5.41) is 3.11. The van der Waals surface area contributed by atoms with Gasteiger partial charge in [0.2, 0.25) is 10.9 Å². The molecule has 0 aliphatic heterocycles. The number of hydrogen-bond donors (Lipinski definition) is 1. The van der Waals surface area contributed by atoms with E-state index in [1.165, 1.54) is 0 Å². The molecule has 1 N–H and O–H groups in total. The van der Waals surface area contributed by atoms with Gasteiger partial charge in [0.15, 0.2) is 0 Å². The van der Waals surface area contributed by atoms with Crippen LogP contribution in [0.5, 0.6) is 0 Å². The fourth-order valence-electron chi connectivity index (χ4n) is 1.54. The molecule has 13 heavy (non-hydrogen) atoms. The van der Waals surface area contributed by atoms with Gasteiger partial charge in [0, 0.05) is 11.6 Å². The Morgan fingerprint density at radius 2 is 1.85 bits per heavy atom. The Morgan fingerprint density at radius 1 is 1.23 bits per heavy atom. The Kier molecular flexibility index (Phi) is 1.75. The van der Waals surface area contributed by atoms with Gasteiger partial charge >= 0.3 is 0 Å². The molecule has 0 atom stereocenters. The van der Waals surface area contributed by atoms with Gasteiger partial charge in [-0.25, -0.2) is 0 Å². The van der Waals surface area contributed by atoms with Crippen LogP contribution in [0.1, 0.15) is 38.2 Å². The van der Waals surface area contributed by atoms with Crippen LogP contribution in [-0.2, 0) is 0 Å². The van der Waals surface area contributed by atoms with E-state index in [4.69, 9.17) is 0 Å². The van der Waals surface area contributed by atoms with Crippen molar-refractivity contribution in [2.45, 2.75) is 38.6 Å². The number of hydrogen-bond acceptors (Lipinski definition) is 3. The van der Waals surface area contributed by atoms with Gasteiger partial charge in [-0.1, -0.05) is 13.8 Å². The summed E-state index contributed by atoms with van der Waals surface area (Å²) in [6.07, 6.45) is 2.24. The van der Waals surface area contributed by atoms with E-state index in [-0.39, 0.29) is 16.8 Å². The second-order valence-corrected chi connectivity index (χ2v) is 4.02. The Hall–Kier alpha value is -1.12. The van der Waals surface area contributed by atoms with Crippen LogP contribution in [0.4, 0.5) is 5.69 Å². The largest absolute Gasteiger partial charge is 0.379 e. The molecule has 70 valence electrons. The van der Waals surface area contributed by atoms with E-state index < -0.39 is 0 Å². The summed E-state index contributed by atoms with van der Waals surface area (Å²) >= 11 is 0. The Labute approximate surface area is 76.5 Å². The van der Waals surface area contributed by atoms with Crippen LogP contribution in [0, 0.1) is 0 Å². The lowest BCUT2D eigenvalue weighted by Crippen LogP contribution is -2.39. The third-order valence-electron chi connectivity index (χ3n) is 2.45. The molecule has 2 rings (SSSR count). The minimum absolute atomic E-state index is 0.159. The van der Waals surface area contributed by atoms with Crippen LogP contribution in [0.25, 0.3) is 0 Å². The van der Waals surface area contributed by atoms with Crippen LogP contribution in [0.15, 0.2) is 9.59 Å². The number of anilines is 1. The van der Waals surface area contributed by atoms with Crippen molar-refractivity contribution < 1.29 is 0 Å². The standard InChI is InChI=1S/C10H13NO2/c1-5(2)7-8(10(13)9(7)12)11-6-3-4-6/h5-6,11H,3-4H2,1-2H3. The van der Waals surface area contributed by atoms with Crippen LogP contribution in [0.2, 0.25) is 0 Å². The number of nitrogens with one attached hydrogen (secondary N) is 1. The maximum absolute atomic E-state index is 11.2. The van der Waals surface area contributed by atoms with E-state index in [0.717, 1.165) is 12.8 Å². The Balaban J connectivity index is 2.28. The molecule has 0 aromatic heterocycles. The van der Waals surface area contributed by atoms with Crippen LogP contribution in [-0.4, -0.2) is 6.04 Å². The average Bonchev–Trinajstić information content (AvgIpc) is 2.86. The lowest BCUT2D eigenvalue weighted by atomic mass is 9.96. The quantitative estimate of drug-likeness (QED) is 0.703. The van der Waals surface area contributed by atoms with Crippen LogP contribution in [0.3, 0.4) is 0 Å². The minimum Gasteiger partial charge on any atom is -0.379 e. The third-order valence-corrected chi connectivity index (χ3v) is 2.45. The molecule has 0 heterocycles. The van der Waals surface area contributed by atoms with Gasteiger partial charge in [0.05, 0.1) is 5.69 Å². The van der Waals surface area contributed by atoms with Gasteiger partial charge in [0.25, 0.3) is 0 Å². The molecule has 1 aromatic carbocycles. The second kappa shape index (κ2) is 2.69. The molecular formula is C10H13NO2. The van der Waals surface area contributed by atoms with Crippen molar-refractivity contribution in [2.75, 3.05) is 5.32 Å². The van der Waals surface area contributed by atoms with Gasteiger partial charge in [0.1, 0.15) is 0 Å². The third kappa shape index (κ3) is 1.28. The molecule has 1 aliphatic rings. The van der Waals surface area contributed by atoms with Gasteiger partial charge in [-0.15, -0.1) is 0 Å². The minimum atomic E-state index is -0.324. The normalized spacial score (nSPS) is 16.8. The molecule has 0 bridgehead atoms. The van der Waals surface area contributed by atoms with Gasteiger partial charge < -0.3 is 5.32 Å². The van der Waals surface area contributed by atoms with Crippen molar-refractivity contribution in [2.24, 2.45) is 0 Å². The van der Waals surface area contributed by atoms with Gasteiger partial charge in [-0.05, 0) is 18.8 Å². The molecule has 1 aliphatic carbocycles. The Morgan fingerprint density at radius 3 is 2.31 bits per heavy atom. The van der Waals surface area contributed by atoms with Crippen LogP contribution >= 0.6 is 0 Å². The molecule has 0 radical (unpaired) electrons. The van der Waals surface area contributed by atoms with E-state index in [9.17, 15) is 9.59 Å². The molecule has 3 heteroatoms. The lowest BCUT2D eigenvalue weighted by Gasteiger charge is -2.14. The van der Waals surface area contributed by atoms with Crippen LogP contribution < -0.4 is 16.2 Å². The first kappa shape index (κ1) is 8.48. The zero-order chi connectivity index (χ0) is 9.59. The summed E-state index contributed by atoms with van der Waals surface area (Å²) in [6.45, 7) is 3.88. The lowest BCUT2D eigenvalue weighted by molar-refractivity contribution is 0.839. The van der Waals surface area contributed by atoms with Crippen molar-refractivity contribution in [3.63, 3.8) is 0 Å². The summed E-state index contributed by atoms with van der Waals surface area (Å²) in [5.41, 5.74) is 0.660. The van der Waals surface area contributed by atoms with Crippen molar-refractivity contribution in [3.8, 4) is 0 Å². The highest BCUT2D eigenvalue weighted by Gasteiger charge is 2.28. The summed E-state index contributed by atoms with van der Waals surface area (Å²) in [5.74, 6) is 0.159. The number of rotatable bonds is 3. The van der Waals surface area contributed by atoms with Crippen molar-refractivity contribution in [1.82, 2.24) is 0 Å². The SMILES string of the molecule is CC(C)c1c(NC2CC2)c(=O)c1=O. The smallest absolute Gasteiger partial charge is 0.249 e. The summed E-state index contributed by atoms with van der Waals surface area (Å²) in [4.78, 5) is 22.3. The van der Waals surface area contributed by atoms with E-state index in [1.54, 1.807) is 0 Å². The van der Waals surface area contributed by atoms with Crippen molar-refractivity contribution in [3.05, 3.63) is 26.0 Å². The zero-order valence-corrected chi connectivity index (χ0v) is 7.89. The molecule has 0 saturated heterocycles. The van der Waals surface area contributed by atoms with E-state index in [2.05, 4.69) is 5.32 Å². The molecular weight excluding hydrogens is 166 g/mol. The highest BCUT2D eigenvalue weighted by Crippen LogP contribution is 2.27. The van der Waals surface area contributed by atoms with Crippen molar-refractivity contribution in [1.29, 1.82) is 0 Å². The highest BCUT2D eigenvalue weighted by atomic mass is 16.2. The molecule has 1 fully saturated rings. The van der Waals surface area contributed by atoms with E-state index >= 15 is 0 Å². The monoisotopic (exact) mass is 179 g/mol. The van der Waals surface area contributed by atoms with E-state index in [0.29, 0.717) is 17.3 Å². The fraction of sp³-hybridized carbons (Fsp3) is 0.600. The molecule has 0 unspecified atom stereocenters. The molecule has 1 saturated carbocycles. The maximum Gasteiger partial charge on any atom is 0.249 e. The summed E-state index contributed by atoms with van der Waals surface area (Å²) in [7, 11) is 0. The summed E-state index contributed by atoms with van der Waals surface area (Å²) < 4.78 is 0. The maximum atomic E-state index is 11.2. The molecule has 1 aromatic rings. The fourth-order valence-corrected chi connectivity index (χ4v) is 1.54. The predicted octanol–water partition coefficient (Wildman–Crippen LogP) is 0.980. The Bertz CT molecular complexity index is 395. The topological polar surface area (TPSA) is 46.2 Å². The predicted molar refractivity (Wildman–Crippen MR) is 52.1 cm³/mol. The highest BCUT2D eigenvalue weighted by molar-refractivity contribution is 5.58. The summed E-state index contributed by atoms with van der Waals surface area (Å²) in [6, 6.07) is 0.445. The van der Waals surface area contributed by atoms with Gasteiger partial charge in [-0.3, -0.25) is 9.59 Å². The van der Waals surface area contributed by atoms with E-state index in [1.807, 2.05) is 13.8 Å². The molecule has 0 spiro atoms. The first-order valence-corrected chi connectivity index (χ1v) is 4.71. The first-order valence-electron chi connectivity index (χ1n) is 4.71. The second-order valence-electron chi connectivity index (χ2n) is 4.02. The zero-order valence-electron chi connectivity index (χ0n) is 7.89. The first-order chi connectivity index (χ1) is 6.11. The molecule has 0 amide bonds.